The number of epoxide rings is 1. The molecular weight excluding hydrogens is 404 g/mol. The Bertz CT molecular complexity index is 772. The third kappa shape index (κ3) is 2.43. The standard InChI is InChI=1S/C27H42O5/c1-4-5-6-18-16-24(3)20(7-8-27(24)30-13-14-31-27)19-15-21-26(32-21)17-25(28-11-12-29-25)10-9-23(26,2)22(18)19/h18-22H,4-17H2,1-3H3/t18?,19-,20-,21-,22-,23+,24-,26-/m0/s1. The van der Waals surface area contributed by atoms with Crippen LogP contribution in [0.2, 0.25) is 0 Å². The Balaban J connectivity index is 1.27. The number of unbranched alkanes of at least 4 members (excludes halogenated alkanes) is 1. The van der Waals surface area contributed by atoms with Crippen molar-refractivity contribution in [2.24, 2.45) is 34.5 Å². The summed E-state index contributed by atoms with van der Waals surface area (Å²) in [5, 5.41) is 0. The molecule has 0 aromatic rings. The van der Waals surface area contributed by atoms with E-state index in [0.717, 1.165) is 63.4 Å². The minimum atomic E-state index is -0.369. The molecule has 32 heavy (non-hydrogen) atoms. The second-order valence-electron chi connectivity index (χ2n) is 12.7. The summed E-state index contributed by atoms with van der Waals surface area (Å²) in [5.41, 5.74) is 0.349. The van der Waals surface area contributed by atoms with Gasteiger partial charge in [0.05, 0.1) is 32.5 Å². The van der Waals surface area contributed by atoms with Crippen molar-refractivity contribution < 1.29 is 23.7 Å². The molecule has 0 aromatic heterocycles. The second kappa shape index (κ2) is 6.72. The predicted octanol–water partition coefficient (Wildman–Crippen LogP) is 5.06. The molecule has 1 unspecified atom stereocenters. The second-order valence-corrected chi connectivity index (χ2v) is 12.7. The largest absolute Gasteiger partial charge is 0.365 e. The number of hydrogen-bond acceptors (Lipinski definition) is 5. The van der Waals surface area contributed by atoms with Crippen LogP contribution in [0.1, 0.15) is 85.0 Å². The number of hydrogen-bond donors (Lipinski definition) is 0. The average Bonchev–Trinajstić information content (AvgIpc) is 3.14. The molecule has 0 bridgehead atoms. The lowest BCUT2D eigenvalue weighted by Gasteiger charge is -2.63. The summed E-state index contributed by atoms with van der Waals surface area (Å²) in [6.45, 7) is 10.5. The Morgan fingerprint density at radius 3 is 2.38 bits per heavy atom. The topological polar surface area (TPSA) is 49.5 Å². The lowest BCUT2D eigenvalue weighted by atomic mass is 9.41. The van der Waals surface area contributed by atoms with Crippen LogP contribution >= 0.6 is 0 Å². The van der Waals surface area contributed by atoms with E-state index in [1.807, 2.05) is 0 Å². The Labute approximate surface area is 193 Å². The van der Waals surface area contributed by atoms with Gasteiger partial charge in [0, 0.05) is 30.1 Å². The minimum Gasteiger partial charge on any atom is -0.365 e. The summed E-state index contributed by atoms with van der Waals surface area (Å²) in [7, 11) is 0. The Hall–Kier alpha value is -0.200. The first kappa shape index (κ1) is 21.1. The van der Waals surface area contributed by atoms with Gasteiger partial charge in [-0.25, -0.2) is 0 Å². The smallest absolute Gasteiger partial charge is 0.174 e. The third-order valence-electron chi connectivity index (χ3n) is 11.7. The molecule has 3 spiro atoms. The van der Waals surface area contributed by atoms with Crippen LogP contribution in [-0.2, 0) is 23.7 Å². The summed E-state index contributed by atoms with van der Waals surface area (Å²) in [6.07, 6.45) is 12.3. The first-order valence-corrected chi connectivity index (χ1v) is 13.6. The van der Waals surface area contributed by atoms with Gasteiger partial charge in [-0.2, -0.15) is 0 Å². The van der Waals surface area contributed by atoms with Gasteiger partial charge in [0.1, 0.15) is 5.60 Å². The van der Waals surface area contributed by atoms with E-state index in [4.69, 9.17) is 23.7 Å². The van der Waals surface area contributed by atoms with Crippen molar-refractivity contribution in [1.82, 2.24) is 0 Å². The highest BCUT2D eigenvalue weighted by Crippen LogP contribution is 2.77. The first-order chi connectivity index (χ1) is 15.4. The van der Waals surface area contributed by atoms with Crippen molar-refractivity contribution in [3.05, 3.63) is 0 Å². The maximum atomic E-state index is 6.78. The van der Waals surface area contributed by atoms with Crippen LogP contribution < -0.4 is 0 Å². The lowest BCUT2D eigenvalue weighted by molar-refractivity contribution is -0.264. The maximum Gasteiger partial charge on any atom is 0.174 e. The summed E-state index contributed by atoms with van der Waals surface area (Å²) in [6, 6.07) is 0. The normalized spacial score (nSPS) is 54.3. The van der Waals surface area contributed by atoms with E-state index in [0.29, 0.717) is 12.0 Å². The Morgan fingerprint density at radius 1 is 0.875 bits per heavy atom. The van der Waals surface area contributed by atoms with E-state index in [1.165, 1.54) is 44.9 Å². The predicted molar refractivity (Wildman–Crippen MR) is 119 cm³/mol. The van der Waals surface area contributed by atoms with Crippen molar-refractivity contribution in [3.63, 3.8) is 0 Å². The van der Waals surface area contributed by atoms with E-state index in [-0.39, 0.29) is 28.0 Å². The summed E-state index contributed by atoms with van der Waals surface area (Å²) < 4.78 is 32.1. The third-order valence-corrected chi connectivity index (χ3v) is 11.7. The quantitative estimate of drug-likeness (QED) is 0.567. The summed E-state index contributed by atoms with van der Waals surface area (Å²) >= 11 is 0. The molecule has 0 aromatic carbocycles. The molecule has 8 atom stereocenters. The Morgan fingerprint density at radius 2 is 1.62 bits per heavy atom. The van der Waals surface area contributed by atoms with Crippen molar-refractivity contribution in [2.75, 3.05) is 26.4 Å². The van der Waals surface area contributed by atoms with Gasteiger partial charge in [-0.3, -0.25) is 0 Å². The highest BCUT2D eigenvalue weighted by molar-refractivity contribution is 5.27. The van der Waals surface area contributed by atoms with Crippen molar-refractivity contribution in [1.29, 1.82) is 0 Å². The molecule has 180 valence electrons. The molecule has 3 heterocycles. The Kier molecular flexibility index (Phi) is 4.43. The fourth-order valence-electron chi connectivity index (χ4n) is 10.4. The zero-order valence-corrected chi connectivity index (χ0v) is 20.3. The number of rotatable bonds is 3. The summed E-state index contributed by atoms with van der Waals surface area (Å²) in [5.74, 6) is 2.20. The molecule has 3 saturated heterocycles. The highest BCUT2D eigenvalue weighted by atomic mass is 16.7. The maximum absolute atomic E-state index is 6.78. The molecule has 5 nitrogen and oxygen atoms in total. The van der Waals surface area contributed by atoms with Crippen LogP contribution in [-0.4, -0.2) is 49.7 Å². The van der Waals surface area contributed by atoms with Gasteiger partial charge in [-0.1, -0.05) is 40.0 Å². The van der Waals surface area contributed by atoms with Crippen LogP contribution in [0, 0.1) is 34.5 Å². The van der Waals surface area contributed by atoms with Crippen LogP contribution in [0.25, 0.3) is 0 Å². The van der Waals surface area contributed by atoms with Gasteiger partial charge in [-0.15, -0.1) is 0 Å². The molecule has 7 rings (SSSR count). The van der Waals surface area contributed by atoms with Gasteiger partial charge >= 0.3 is 0 Å². The lowest BCUT2D eigenvalue weighted by Crippen LogP contribution is -2.64. The molecule has 0 amide bonds. The average molecular weight is 447 g/mol. The SMILES string of the molecule is CCCCC1C[C@@]2(C)[C@@H](CCC23OCCO3)[C@@H]2C[C@@H]3O[C@@]34CC3(CC[C@]4(C)[C@@H]12)OCCO3. The number of ether oxygens (including phenoxy) is 5. The van der Waals surface area contributed by atoms with E-state index < -0.39 is 0 Å². The molecule has 7 aliphatic rings. The zero-order chi connectivity index (χ0) is 21.8. The van der Waals surface area contributed by atoms with E-state index in [1.54, 1.807) is 0 Å². The van der Waals surface area contributed by atoms with Gasteiger partial charge in [0.25, 0.3) is 0 Å². The molecule has 0 radical (unpaired) electrons. The minimum absolute atomic E-state index is 0.0222. The van der Waals surface area contributed by atoms with Crippen molar-refractivity contribution in [2.45, 2.75) is 108 Å². The van der Waals surface area contributed by atoms with Crippen molar-refractivity contribution in [3.8, 4) is 0 Å². The first-order valence-electron chi connectivity index (χ1n) is 13.6. The molecule has 4 saturated carbocycles. The van der Waals surface area contributed by atoms with Crippen LogP contribution in [0.3, 0.4) is 0 Å². The van der Waals surface area contributed by atoms with Crippen LogP contribution in [0.4, 0.5) is 0 Å². The molecule has 3 aliphatic heterocycles. The van der Waals surface area contributed by atoms with Gasteiger partial charge in [0.2, 0.25) is 0 Å². The molecule has 4 aliphatic carbocycles. The van der Waals surface area contributed by atoms with E-state index in [2.05, 4.69) is 20.8 Å². The van der Waals surface area contributed by atoms with Gasteiger partial charge in [-0.05, 0) is 49.4 Å². The number of fused-ring (bicyclic) bond motifs is 5. The highest BCUT2D eigenvalue weighted by Gasteiger charge is 2.80. The summed E-state index contributed by atoms with van der Waals surface area (Å²) in [4.78, 5) is 0. The molecule has 0 N–H and O–H groups in total. The fourth-order valence-corrected chi connectivity index (χ4v) is 10.4. The van der Waals surface area contributed by atoms with Crippen LogP contribution in [0.5, 0.6) is 0 Å². The van der Waals surface area contributed by atoms with Crippen LogP contribution in [0.15, 0.2) is 0 Å². The van der Waals surface area contributed by atoms with Gasteiger partial charge in [0.15, 0.2) is 11.6 Å². The molecular formula is C27H42O5. The van der Waals surface area contributed by atoms with Gasteiger partial charge < -0.3 is 23.7 Å². The van der Waals surface area contributed by atoms with E-state index >= 15 is 0 Å². The fraction of sp³-hybridized carbons (Fsp3) is 1.00. The zero-order valence-electron chi connectivity index (χ0n) is 20.3. The van der Waals surface area contributed by atoms with Crippen molar-refractivity contribution >= 4 is 0 Å². The monoisotopic (exact) mass is 446 g/mol. The van der Waals surface area contributed by atoms with E-state index in [9.17, 15) is 0 Å². The molecule has 7 fully saturated rings. The molecule has 5 heteroatoms.